The first-order chi connectivity index (χ1) is 8.79. The largest absolute Gasteiger partial charge is 0.397 e. The second-order valence-corrected chi connectivity index (χ2v) is 6.56. The zero-order valence-corrected chi connectivity index (χ0v) is 11.8. The minimum Gasteiger partial charge on any atom is -0.397 e. The Morgan fingerprint density at radius 2 is 2.16 bits per heavy atom. The number of hydrogen-bond donors (Lipinski definition) is 3. The van der Waals surface area contributed by atoms with Crippen molar-refractivity contribution >= 4 is 33.2 Å². The molecule has 0 aromatic heterocycles. The molecule has 1 atom stereocenters. The second-order valence-electron chi connectivity index (χ2n) is 4.47. The highest BCUT2D eigenvalue weighted by Crippen LogP contribution is 2.26. The number of rotatable bonds is 3. The van der Waals surface area contributed by atoms with Gasteiger partial charge in [0.15, 0.2) is 0 Å². The van der Waals surface area contributed by atoms with Crippen molar-refractivity contribution < 1.29 is 13.2 Å². The minimum absolute atomic E-state index is 0.0475. The number of benzene rings is 1. The Morgan fingerprint density at radius 3 is 2.68 bits per heavy atom. The van der Waals surface area contributed by atoms with E-state index < -0.39 is 16.1 Å². The second kappa shape index (κ2) is 4.99. The van der Waals surface area contributed by atoms with Crippen molar-refractivity contribution in [3.05, 3.63) is 22.7 Å². The third-order valence-corrected chi connectivity index (χ3v) is 4.88. The fraction of sp³-hybridized carbons (Fsp3) is 0.364. The molecule has 1 aliphatic rings. The lowest BCUT2D eigenvalue weighted by molar-refractivity contribution is -0.119. The molecule has 1 saturated heterocycles. The molecule has 1 amide bonds. The van der Waals surface area contributed by atoms with E-state index in [1.807, 2.05) is 0 Å². The van der Waals surface area contributed by atoms with E-state index in [1.165, 1.54) is 12.1 Å². The SMILES string of the molecule is Cc1cc(S(=O)(=O)NC2CNC(=O)C2)cc(N)c1Cl. The molecule has 2 rings (SSSR count). The third kappa shape index (κ3) is 2.99. The molecule has 8 heteroatoms. The van der Waals surface area contributed by atoms with Crippen LogP contribution in [0.5, 0.6) is 0 Å². The predicted octanol–water partition coefficient (Wildman–Crippen LogP) is 0.397. The lowest BCUT2D eigenvalue weighted by atomic mass is 10.2. The molecule has 0 bridgehead atoms. The van der Waals surface area contributed by atoms with Crippen LogP contribution in [-0.4, -0.2) is 26.9 Å². The van der Waals surface area contributed by atoms with E-state index in [0.717, 1.165) is 0 Å². The summed E-state index contributed by atoms with van der Waals surface area (Å²) >= 11 is 5.89. The van der Waals surface area contributed by atoms with Crippen molar-refractivity contribution in [1.29, 1.82) is 0 Å². The van der Waals surface area contributed by atoms with Crippen molar-refractivity contribution in [3.63, 3.8) is 0 Å². The van der Waals surface area contributed by atoms with Gasteiger partial charge >= 0.3 is 0 Å². The monoisotopic (exact) mass is 303 g/mol. The topological polar surface area (TPSA) is 101 Å². The van der Waals surface area contributed by atoms with Gasteiger partial charge in [-0.3, -0.25) is 4.79 Å². The van der Waals surface area contributed by atoms with E-state index in [0.29, 0.717) is 17.1 Å². The maximum absolute atomic E-state index is 12.2. The van der Waals surface area contributed by atoms with Crippen molar-refractivity contribution in [2.45, 2.75) is 24.3 Å². The maximum Gasteiger partial charge on any atom is 0.240 e. The summed E-state index contributed by atoms with van der Waals surface area (Å²) in [6, 6.07) is 2.32. The quantitative estimate of drug-likeness (QED) is 0.703. The summed E-state index contributed by atoms with van der Waals surface area (Å²) in [5.74, 6) is -0.167. The van der Waals surface area contributed by atoms with Crippen molar-refractivity contribution in [3.8, 4) is 0 Å². The van der Waals surface area contributed by atoms with Crippen LogP contribution in [0.1, 0.15) is 12.0 Å². The molecule has 1 aliphatic heterocycles. The Bertz CT molecular complexity index is 607. The van der Waals surface area contributed by atoms with Crippen molar-refractivity contribution in [2.75, 3.05) is 12.3 Å². The molecule has 1 heterocycles. The molecule has 0 aliphatic carbocycles. The molecule has 0 spiro atoms. The van der Waals surface area contributed by atoms with Crippen LogP contribution >= 0.6 is 11.6 Å². The van der Waals surface area contributed by atoms with Crippen LogP contribution in [-0.2, 0) is 14.8 Å². The highest BCUT2D eigenvalue weighted by atomic mass is 35.5. The molecular formula is C11H14ClN3O3S. The summed E-state index contributed by atoms with van der Waals surface area (Å²) in [6.07, 6.45) is 0.140. The van der Waals surface area contributed by atoms with Crippen molar-refractivity contribution in [2.24, 2.45) is 0 Å². The average molecular weight is 304 g/mol. The van der Waals surface area contributed by atoms with Gasteiger partial charge in [-0.25, -0.2) is 13.1 Å². The van der Waals surface area contributed by atoms with Crippen LogP contribution in [0.15, 0.2) is 17.0 Å². The molecule has 19 heavy (non-hydrogen) atoms. The van der Waals surface area contributed by atoms with Gasteiger partial charge in [0.2, 0.25) is 15.9 Å². The number of nitrogens with two attached hydrogens (primary N) is 1. The normalized spacial score (nSPS) is 19.5. The Hall–Kier alpha value is -1.31. The summed E-state index contributed by atoms with van der Waals surface area (Å²) in [5.41, 5.74) is 6.45. The van der Waals surface area contributed by atoms with Crippen LogP contribution in [0, 0.1) is 6.92 Å². The zero-order chi connectivity index (χ0) is 14.2. The summed E-state index contributed by atoms with van der Waals surface area (Å²) in [5, 5.41) is 2.91. The Morgan fingerprint density at radius 1 is 1.47 bits per heavy atom. The number of nitrogen functional groups attached to an aromatic ring is 1. The van der Waals surface area contributed by atoms with Gasteiger partial charge in [0.25, 0.3) is 0 Å². The summed E-state index contributed by atoms with van der Waals surface area (Å²) in [4.78, 5) is 11.1. The molecular weight excluding hydrogens is 290 g/mol. The first-order valence-corrected chi connectivity index (χ1v) is 7.50. The number of nitrogens with one attached hydrogen (secondary N) is 2. The van der Waals surface area contributed by atoms with Gasteiger partial charge in [0.05, 0.1) is 15.6 Å². The minimum atomic E-state index is -3.71. The molecule has 0 radical (unpaired) electrons. The Kier molecular flexibility index (Phi) is 3.71. The molecule has 4 N–H and O–H groups in total. The third-order valence-electron chi connectivity index (χ3n) is 2.87. The van der Waals surface area contributed by atoms with Gasteiger partial charge in [-0.1, -0.05) is 11.6 Å². The number of carbonyl (C=O) groups excluding carboxylic acids is 1. The summed E-state index contributed by atoms with van der Waals surface area (Å²) in [7, 11) is -3.71. The van der Waals surface area contributed by atoms with Crippen LogP contribution in [0.3, 0.4) is 0 Å². The van der Waals surface area contributed by atoms with Crippen LogP contribution < -0.4 is 15.8 Å². The lowest BCUT2D eigenvalue weighted by Crippen LogP contribution is -2.36. The van der Waals surface area contributed by atoms with Crippen LogP contribution in [0.25, 0.3) is 0 Å². The zero-order valence-electron chi connectivity index (χ0n) is 10.2. The molecule has 1 aromatic rings. The summed E-state index contributed by atoms with van der Waals surface area (Å²) < 4.78 is 26.8. The van der Waals surface area contributed by atoms with Gasteiger partial charge in [0.1, 0.15) is 0 Å². The van der Waals surface area contributed by atoms with E-state index in [1.54, 1.807) is 6.92 Å². The van der Waals surface area contributed by atoms with E-state index in [9.17, 15) is 13.2 Å². The smallest absolute Gasteiger partial charge is 0.240 e. The van der Waals surface area contributed by atoms with E-state index in [2.05, 4.69) is 10.0 Å². The lowest BCUT2D eigenvalue weighted by Gasteiger charge is -2.13. The first-order valence-electron chi connectivity index (χ1n) is 5.64. The number of carbonyl (C=O) groups is 1. The molecule has 104 valence electrons. The fourth-order valence-corrected chi connectivity index (χ4v) is 3.36. The number of aryl methyl sites for hydroxylation is 1. The molecule has 1 fully saturated rings. The van der Waals surface area contributed by atoms with Gasteiger partial charge in [-0.2, -0.15) is 0 Å². The van der Waals surface area contributed by atoms with Crippen molar-refractivity contribution in [1.82, 2.24) is 10.0 Å². The van der Waals surface area contributed by atoms with Crippen LogP contribution in [0.2, 0.25) is 5.02 Å². The van der Waals surface area contributed by atoms with E-state index >= 15 is 0 Å². The highest BCUT2D eigenvalue weighted by Gasteiger charge is 2.27. The number of amides is 1. The standard InChI is InChI=1S/C11H14ClN3O3S/c1-6-2-8(4-9(13)11(6)12)19(17,18)15-7-3-10(16)14-5-7/h2,4,7,15H,3,5,13H2,1H3,(H,14,16). The first kappa shape index (κ1) is 14.1. The average Bonchev–Trinajstić information content (AvgIpc) is 2.70. The summed E-state index contributed by atoms with van der Waals surface area (Å²) in [6.45, 7) is 1.97. The molecule has 1 aromatic carbocycles. The predicted molar refractivity (Wildman–Crippen MR) is 72.3 cm³/mol. The van der Waals surface area contributed by atoms with Gasteiger partial charge in [-0.05, 0) is 24.6 Å². The maximum atomic E-state index is 12.2. The highest BCUT2D eigenvalue weighted by molar-refractivity contribution is 7.89. The Labute approximate surface area is 116 Å². The number of sulfonamides is 1. The van der Waals surface area contributed by atoms with E-state index in [-0.39, 0.29) is 22.9 Å². The van der Waals surface area contributed by atoms with E-state index in [4.69, 9.17) is 17.3 Å². The van der Waals surface area contributed by atoms with Gasteiger partial charge in [-0.15, -0.1) is 0 Å². The Balaban J connectivity index is 2.27. The van der Waals surface area contributed by atoms with Gasteiger partial charge < -0.3 is 11.1 Å². The molecule has 1 unspecified atom stereocenters. The number of hydrogen-bond acceptors (Lipinski definition) is 4. The van der Waals surface area contributed by atoms with Crippen LogP contribution in [0.4, 0.5) is 5.69 Å². The molecule has 0 saturated carbocycles. The number of halogens is 1. The number of anilines is 1. The fourth-order valence-electron chi connectivity index (χ4n) is 1.89. The van der Waals surface area contributed by atoms with Gasteiger partial charge in [0, 0.05) is 19.0 Å². The molecule has 6 nitrogen and oxygen atoms in total.